The molecule has 0 aliphatic heterocycles. The number of aromatic nitrogens is 2. The van der Waals surface area contributed by atoms with Crippen molar-refractivity contribution in [3.63, 3.8) is 0 Å². The van der Waals surface area contributed by atoms with Gasteiger partial charge in [-0.1, -0.05) is 24.3 Å². The summed E-state index contributed by atoms with van der Waals surface area (Å²) in [6.07, 6.45) is 0. The smallest absolute Gasteiger partial charge is 0.255 e. The molecule has 156 valence electrons. The van der Waals surface area contributed by atoms with Gasteiger partial charge < -0.3 is 16.4 Å². The van der Waals surface area contributed by atoms with Crippen LogP contribution in [-0.4, -0.2) is 21.6 Å². The van der Waals surface area contributed by atoms with Gasteiger partial charge in [-0.05, 0) is 55.0 Å². The van der Waals surface area contributed by atoms with Gasteiger partial charge >= 0.3 is 0 Å². The predicted molar refractivity (Wildman–Crippen MR) is 123 cm³/mol. The molecule has 4 rings (SSSR count). The number of aryl methyl sites for hydroxylation is 1. The first-order valence-corrected chi connectivity index (χ1v) is 9.90. The molecule has 4 aromatic rings. The largest absolute Gasteiger partial charge is 0.397 e. The molecule has 0 fully saturated rings. The third-order valence-electron chi connectivity index (χ3n) is 5.01. The number of nitrogen functional groups attached to an aromatic ring is 1. The summed E-state index contributed by atoms with van der Waals surface area (Å²) in [5, 5.41) is 11.3. The highest BCUT2D eigenvalue weighted by Crippen LogP contribution is 2.23. The Balaban J connectivity index is 1.51. The Morgan fingerprint density at radius 2 is 1.74 bits per heavy atom. The van der Waals surface area contributed by atoms with Crippen LogP contribution in [0, 0.1) is 6.92 Å². The zero-order chi connectivity index (χ0) is 22.0. The molecule has 2 amide bonds. The maximum atomic E-state index is 12.5. The number of nitrogens with two attached hydrogens (primary N) is 1. The normalized spacial score (nSPS) is 10.8. The fourth-order valence-corrected chi connectivity index (χ4v) is 3.48. The Bertz CT molecular complexity index is 1280. The van der Waals surface area contributed by atoms with Crippen LogP contribution in [0.2, 0.25) is 0 Å². The van der Waals surface area contributed by atoms with Gasteiger partial charge in [-0.15, -0.1) is 0 Å². The molecule has 0 spiro atoms. The van der Waals surface area contributed by atoms with E-state index in [1.807, 2.05) is 54.1 Å². The van der Waals surface area contributed by atoms with Crippen LogP contribution in [0.25, 0.3) is 10.9 Å². The van der Waals surface area contributed by atoms with Crippen molar-refractivity contribution in [1.82, 2.24) is 9.78 Å². The van der Waals surface area contributed by atoms with Crippen LogP contribution in [-0.2, 0) is 11.3 Å². The van der Waals surface area contributed by atoms with Gasteiger partial charge in [0, 0.05) is 23.6 Å². The average Bonchev–Trinajstić information content (AvgIpc) is 3.04. The number of nitrogens with zero attached hydrogens (tertiary/aromatic N) is 2. The number of anilines is 3. The molecule has 0 radical (unpaired) electrons. The Morgan fingerprint density at radius 1 is 1.00 bits per heavy atom. The zero-order valence-corrected chi connectivity index (χ0v) is 17.3. The minimum Gasteiger partial charge on any atom is -0.397 e. The van der Waals surface area contributed by atoms with Crippen LogP contribution >= 0.6 is 0 Å². The molecule has 0 aliphatic carbocycles. The first-order chi connectivity index (χ1) is 14.9. The lowest BCUT2D eigenvalue weighted by molar-refractivity contribution is -0.114. The third-order valence-corrected chi connectivity index (χ3v) is 5.01. The van der Waals surface area contributed by atoms with Crippen LogP contribution in [0.3, 0.4) is 0 Å². The molecule has 7 heteroatoms. The van der Waals surface area contributed by atoms with Crippen LogP contribution in [0.5, 0.6) is 0 Å². The highest BCUT2D eigenvalue weighted by molar-refractivity contribution is 6.05. The standard InChI is InChI=1S/C24H23N5O2/c1-15-20-13-19(26-16(2)30)11-12-23(20)29(28-15)14-17-7-9-18(10-8-17)24(31)27-22-6-4-3-5-21(22)25/h3-13H,14,25H2,1-2H3,(H,26,30)(H,27,31). The van der Waals surface area contributed by atoms with Crippen LogP contribution in [0.4, 0.5) is 17.1 Å². The number of rotatable bonds is 5. The number of carbonyl (C=O) groups excluding carboxylic acids is 2. The van der Waals surface area contributed by atoms with Gasteiger partial charge in [0.15, 0.2) is 0 Å². The van der Waals surface area contributed by atoms with Gasteiger partial charge in [-0.2, -0.15) is 5.10 Å². The van der Waals surface area contributed by atoms with E-state index in [0.29, 0.717) is 23.5 Å². The van der Waals surface area contributed by atoms with Crippen molar-refractivity contribution < 1.29 is 9.59 Å². The average molecular weight is 413 g/mol. The fourth-order valence-electron chi connectivity index (χ4n) is 3.48. The molecule has 0 atom stereocenters. The number of fused-ring (bicyclic) bond motifs is 1. The molecular formula is C24H23N5O2. The summed E-state index contributed by atoms with van der Waals surface area (Å²) in [6.45, 7) is 4.00. The molecule has 4 N–H and O–H groups in total. The molecular weight excluding hydrogens is 390 g/mol. The topological polar surface area (TPSA) is 102 Å². The number of nitrogens with one attached hydrogen (secondary N) is 2. The van der Waals surface area contributed by atoms with E-state index in [0.717, 1.165) is 27.8 Å². The van der Waals surface area contributed by atoms with E-state index < -0.39 is 0 Å². The monoisotopic (exact) mass is 413 g/mol. The molecule has 1 aromatic heterocycles. The maximum absolute atomic E-state index is 12.5. The number of carbonyl (C=O) groups is 2. The number of hydrogen-bond donors (Lipinski definition) is 3. The van der Waals surface area contributed by atoms with E-state index in [9.17, 15) is 9.59 Å². The fraction of sp³-hybridized carbons (Fsp3) is 0.125. The van der Waals surface area contributed by atoms with E-state index in [1.165, 1.54) is 6.92 Å². The minimum atomic E-state index is -0.213. The second kappa shape index (κ2) is 8.31. The van der Waals surface area contributed by atoms with Crippen molar-refractivity contribution >= 4 is 39.8 Å². The summed E-state index contributed by atoms with van der Waals surface area (Å²) >= 11 is 0. The van der Waals surface area contributed by atoms with Crippen LogP contribution < -0.4 is 16.4 Å². The Hall–Kier alpha value is -4.13. The Kier molecular flexibility index (Phi) is 5.41. The summed E-state index contributed by atoms with van der Waals surface area (Å²) in [7, 11) is 0. The molecule has 0 saturated heterocycles. The molecule has 0 aliphatic rings. The van der Waals surface area contributed by atoms with Crippen molar-refractivity contribution in [1.29, 1.82) is 0 Å². The number of amides is 2. The van der Waals surface area contributed by atoms with E-state index in [1.54, 1.807) is 24.3 Å². The van der Waals surface area contributed by atoms with E-state index in [-0.39, 0.29) is 11.8 Å². The van der Waals surface area contributed by atoms with Gasteiger partial charge in [0.05, 0.1) is 29.1 Å². The molecule has 1 heterocycles. The van der Waals surface area contributed by atoms with E-state index in [4.69, 9.17) is 5.73 Å². The number of benzene rings is 3. The highest BCUT2D eigenvalue weighted by Gasteiger charge is 2.11. The summed E-state index contributed by atoms with van der Waals surface area (Å²) < 4.78 is 1.92. The second-order valence-corrected chi connectivity index (χ2v) is 7.39. The lowest BCUT2D eigenvalue weighted by atomic mass is 10.1. The van der Waals surface area contributed by atoms with E-state index in [2.05, 4.69) is 15.7 Å². The SMILES string of the molecule is CC(=O)Nc1ccc2c(c1)c(C)nn2Cc1ccc(C(=O)Nc2ccccc2N)cc1. The summed E-state index contributed by atoms with van der Waals surface area (Å²) in [5.74, 6) is -0.321. The first-order valence-electron chi connectivity index (χ1n) is 9.90. The zero-order valence-electron chi connectivity index (χ0n) is 17.3. The van der Waals surface area contributed by atoms with Crippen molar-refractivity contribution in [2.24, 2.45) is 0 Å². The highest BCUT2D eigenvalue weighted by atomic mass is 16.2. The lowest BCUT2D eigenvalue weighted by Gasteiger charge is -2.09. The quantitative estimate of drug-likeness (QED) is 0.427. The lowest BCUT2D eigenvalue weighted by Crippen LogP contribution is -2.13. The van der Waals surface area contributed by atoms with Crippen molar-refractivity contribution in [2.45, 2.75) is 20.4 Å². The molecule has 3 aromatic carbocycles. The van der Waals surface area contributed by atoms with Gasteiger partial charge in [-0.25, -0.2) is 0 Å². The molecule has 0 saturated carbocycles. The molecule has 31 heavy (non-hydrogen) atoms. The third kappa shape index (κ3) is 4.40. The number of para-hydroxylation sites is 2. The van der Waals surface area contributed by atoms with Crippen LogP contribution in [0.1, 0.15) is 28.5 Å². The molecule has 7 nitrogen and oxygen atoms in total. The predicted octanol–water partition coefficient (Wildman–Crippen LogP) is 4.19. The summed E-state index contributed by atoms with van der Waals surface area (Å²) in [4.78, 5) is 23.8. The maximum Gasteiger partial charge on any atom is 0.255 e. The van der Waals surface area contributed by atoms with Crippen molar-refractivity contribution in [2.75, 3.05) is 16.4 Å². The Labute approximate surface area is 179 Å². The van der Waals surface area contributed by atoms with Gasteiger partial charge in [0.1, 0.15) is 0 Å². The first kappa shape index (κ1) is 20.2. The molecule has 0 bridgehead atoms. The van der Waals surface area contributed by atoms with E-state index >= 15 is 0 Å². The second-order valence-electron chi connectivity index (χ2n) is 7.39. The summed E-state index contributed by atoms with van der Waals surface area (Å²) in [6, 6.07) is 20.3. The van der Waals surface area contributed by atoms with Crippen LogP contribution in [0.15, 0.2) is 66.7 Å². The van der Waals surface area contributed by atoms with Crippen molar-refractivity contribution in [3.8, 4) is 0 Å². The van der Waals surface area contributed by atoms with Gasteiger partial charge in [0.2, 0.25) is 5.91 Å². The molecule has 0 unspecified atom stereocenters. The van der Waals surface area contributed by atoms with Crippen molar-refractivity contribution in [3.05, 3.63) is 83.6 Å². The van der Waals surface area contributed by atoms with Gasteiger partial charge in [0.25, 0.3) is 5.91 Å². The summed E-state index contributed by atoms with van der Waals surface area (Å²) in [5.41, 5.74) is 11.2. The minimum absolute atomic E-state index is 0.108. The van der Waals surface area contributed by atoms with Gasteiger partial charge in [-0.3, -0.25) is 14.3 Å². The number of hydrogen-bond acceptors (Lipinski definition) is 4. The Morgan fingerprint density at radius 3 is 2.45 bits per heavy atom.